The SMILES string of the molecule is CC(C)(Nc1ncccc1C#N)C(=O)O. The Bertz CT molecular complexity index is 421. The number of carboxylic acid groups (broad SMARTS) is 1. The molecule has 0 amide bonds. The first-order valence-corrected chi connectivity index (χ1v) is 4.34. The Morgan fingerprint density at radius 1 is 1.67 bits per heavy atom. The number of nitrogens with one attached hydrogen (secondary N) is 1. The maximum atomic E-state index is 10.9. The van der Waals surface area contributed by atoms with Gasteiger partial charge in [-0.3, -0.25) is 0 Å². The molecule has 0 aliphatic rings. The van der Waals surface area contributed by atoms with Crippen molar-refractivity contribution in [1.29, 1.82) is 5.26 Å². The monoisotopic (exact) mass is 205 g/mol. The van der Waals surface area contributed by atoms with Crippen molar-refractivity contribution in [2.45, 2.75) is 19.4 Å². The highest BCUT2D eigenvalue weighted by atomic mass is 16.4. The number of hydrogen-bond donors (Lipinski definition) is 2. The predicted octanol–water partition coefficient (Wildman–Crippen LogP) is 1.23. The molecular formula is C10H11N3O2. The van der Waals surface area contributed by atoms with E-state index in [1.54, 1.807) is 12.1 Å². The summed E-state index contributed by atoms with van der Waals surface area (Å²) in [4.78, 5) is 14.8. The van der Waals surface area contributed by atoms with E-state index in [1.807, 2.05) is 6.07 Å². The van der Waals surface area contributed by atoms with Crippen molar-refractivity contribution in [2.24, 2.45) is 0 Å². The van der Waals surface area contributed by atoms with E-state index in [0.717, 1.165) is 0 Å². The molecule has 1 heterocycles. The van der Waals surface area contributed by atoms with Gasteiger partial charge in [0.15, 0.2) is 0 Å². The van der Waals surface area contributed by atoms with Gasteiger partial charge in [0.2, 0.25) is 0 Å². The van der Waals surface area contributed by atoms with E-state index in [0.29, 0.717) is 5.56 Å². The maximum absolute atomic E-state index is 10.9. The fraction of sp³-hybridized carbons (Fsp3) is 0.300. The quantitative estimate of drug-likeness (QED) is 0.775. The van der Waals surface area contributed by atoms with Gasteiger partial charge in [0, 0.05) is 6.20 Å². The summed E-state index contributed by atoms with van der Waals surface area (Å²) < 4.78 is 0. The van der Waals surface area contributed by atoms with Gasteiger partial charge in [-0.25, -0.2) is 9.78 Å². The number of nitriles is 1. The van der Waals surface area contributed by atoms with Crippen LogP contribution in [-0.2, 0) is 4.79 Å². The minimum absolute atomic E-state index is 0.285. The zero-order chi connectivity index (χ0) is 11.5. The van der Waals surface area contributed by atoms with E-state index < -0.39 is 11.5 Å². The minimum Gasteiger partial charge on any atom is -0.480 e. The molecule has 0 spiro atoms. The summed E-state index contributed by atoms with van der Waals surface area (Å²) in [6.45, 7) is 3.01. The van der Waals surface area contributed by atoms with Crippen LogP contribution in [0.2, 0.25) is 0 Å². The van der Waals surface area contributed by atoms with Crippen LogP contribution >= 0.6 is 0 Å². The Balaban J connectivity index is 3.00. The molecule has 0 atom stereocenters. The van der Waals surface area contributed by atoms with Crippen molar-refractivity contribution in [3.63, 3.8) is 0 Å². The van der Waals surface area contributed by atoms with E-state index in [4.69, 9.17) is 10.4 Å². The van der Waals surface area contributed by atoms with Gasteiger partial charge in [-0.15, -0.1) is 0 Å². The lowest BCUT2D eigenvalue weighted by Crippen LogP contribution is -2.40. The Kier molecular flexibility index (Phi) is 2.90. The normalized spacial score (nSPS) is 10.5. The highest BCUT2D eigenvalue weighted by molar-refractivity contribution is 5.81. The maximum Gasteiger partial charge on any atom is 0.328 e. The first-order chi connectivity index (χ1) is 6.97. The molecule has 0 unspecified atom stereocenters. The van der Waals surface area contributed by atoms with Gasteiger partial charge in [0.05, 0.1) is 5.56 Å². The molecule has 0 bridgehead atoms. The van der Waals surface area contributed by atoms with Crippen molar-refractivity contribution < 1.29 is 9.90 Å². The first-order valence-electron chi connectivity index (χ1n) is 4.34. The lowest BCUT2D eigenvalue weighted by molar-refractivity contribution is -0.141. The number of pyridine rings is 1. The first kappa shape index (κ1) is 11.0. The average Bonchev–Trinajstić information content (AvgIpc) is 2.18. The van der Waals surface area contributed by atoms with Gasteiger partial charge in [-0.05, 0) is 26.0 Å². The molecule has 0 fully saturated rings. The lowest BCUT2D eigenvalue weighted by Gasteiger charge is -2.21. The van der Waals surface area contributed by atoms with Crippen LogP contribution in [0.15, 0.2) is 18.3 Å². The van der Waals surface area contributed by atoms with Gasteiger partial charge in [0.1, 0.15) is 17.4 Å². The minimum atomic E-state index is -1.15. The van der Waals surface area contributed by atoms with Crippen LogP contribution in [0.3, 0.4) is 0 Å². The average molecular weight is 205 g/mol. The molecule has 1 aromatic rings. The van der Waals surface area contributed by atoms with Gasteiger partial charge in [0.25, 0.3) is 0 Å². The van der Waals surface area contributed by atoms with Crippen LogP contribution in [0.5, 0.6) is 0 Å². The van der Waals surface area contributed by atoms with Crippen LogP contribution in [0.1, 0.15) is 19.4 Å². The number of rotatable bonds is 3. The van der Waals surface area contributed by atoms with E-state index >= 15 is 0 Å². The van der Waals surface area contributed by atoms with Crippen molar-refractivity contribution >= 4 is 11.8 Å². The van der Waals surface area contributed by atoms with E-state index in [-0.39, 0.29) is 5.82 Å². The van der Waals surface area contributed by atoms with Gasteiger partial charge in [-0.1, -0.05) is 0 Å². The van der Waals surface area contributed by atoms with Gasteiger partial charge in [-0.2, -0.15) is 5.26 Å². The number of carbonyl (C=O) groups is 1. The molecule has 5 heteroatoms. The number of carboxylic acids is 1. The summed E-state index contributed by atoms with van der Waals surface area (Å²) in [7, 11) is 0. The molecule has 0 saturated carbocycles. The number of hydrogen-bond acceptors (Lipinski definition) is 4. The molecule has 0 saturated heterocycles. The van der Waals surface area contributed by atoms with Crippen LogP contribution in [0, 0.1) is 11.3 Å². The second-order valence-corrected chi connectivity index (χ2v) is 3.57. The lowest BCUT2D eigenvalue weighted by atomic mass is 10.1. The Hall–Kier alpha value is -2.09. The number of aliphatic carboxylic acids is 1. The van der Waals surface area contributed by atoms with E-state index in [1.165, 1.54) is 20.0 Å². The summed E-state index contributed by atoms with van der Waals surface area (Å²) in [5.41, 5.74) is -0.827. The van der Waals surface area contributed by atoms with E-state index in [2.05, 4.69) is 10.3 Å². The summed E-state index contributed by atoms with van der Waals surface area (Å²) in [6.07, 6.45) is 1.50. The van der Waals surface area contributed by atoms with Crippen molar-refractivity contribution in [3.8, 4) is 6.07 Å². The molecule has 1 aromatic heterocycles. The Morgan fingerprint density at radius 2 is 2.33 bits per heavy atom. The van der Waals surface area contributed by atoms with Crippen LogP contribution in [0.25, 0.3) is 0 Å². The second kappa shape index (κ2) is 3.96. The van der Waals surface area contributed by atoms with Crippen molar-refractivity contribution in [1.82, 2.24) is 4.98 Å². The fourth-order valence-corrected chi connectivity index (χ4v) is 0.945. The Morgan fingerprint density at radius 3 is 2.87 bits per heavy atom. The van der Waals surface area contributed by atoms with Crippen LogP contribution in [0.4, 0.5) is 5.82 Å². The van der Waals surface area contributed by atoms with Crippen LogP contribution < -0.4 is 5.32 Å². The van der Waals surface area contributed by atoms with Gasteiger partial charge < -0.3 is 10.4 Å². The summed E-state index contributed by atoms with van der Waals surface area (Å²) in [5.74, 6) is -0.718. The predicted molar refractivity (Wildman–Crippen MR) is 54.3 cm³/mol. The number of aromatic nitrogens is 1. The zero-order valence-electron chi connectivity index (χ0n) is 8.48. The molecular weight excluding hydrogens is 194 g/mol. The zero-order valence-corrected chi connectivity index (χ0v) is 8.48. The molecule has 0 radical (unpaired) electrons. The summed E-state index contributed by atoms with van der Waals surface area (Å²) >= 11 is 0. The number of nitrogens with zero attached hydrogens (tertiary/aromatic N) is 2. The fourth-order valence-electron chi connectivity index (χ4n) is 0.945. The molecule has 0 aliphatic carbocycles. The third-order valence-corrected chi connectivity index (χ3v) is 1.89. The third-order valence-electron chi connectivity index (χ3n) is 1.89. The molecule has 2 N–H and O–H groups in total. The standard InChI is InChI=1S/C10H11N3O2/c1-10(2,9(14)15)13-8-7(6-11)4-3-5-12-8/h3-5H,1-2H3,(H,12,13)(H,14,15). The molecule has 5 nitrogen and oxygen atoms in total. The molecule has 1 rings (SSSR count). The second-order valence-electron chi connectivity index (χ2n) is 3.57. The topological polar surface area (TPSA) is 86.0 Å². The smallest absolute Gasteiger partial charge is 0.328 e. The highest BCUT2D eigenvalue weighted by Crippen LogP contribution is 2.16. The molecule has 15 heavy (non-hydrogen) atoms. The molecule has 0 aromatic carbocycles. The van der Waals surface area contributed by atoms with Crippen LogP contribution in [-0.4, -0.2) is 21.6 Å². The van der Waals surface area contributed by atoms with Crippen molar-refractivity contribution in [2.75, 3.05) is 5.32 Å². The Labute approximate surface area is 87.4 Å². The third kappa shape index (κ3) is 2.44. The van der Waals surface area contributed by atoms with E-state index in [9.17, 15) is 4.79 Å². The molecule has 78 valence electrons. The highest BCUT2D eigenvalue weighted by Gasteiger charge is 2.27. The largest absolute Gasteiger partial charge is 0.480 e. The number of anilines is 1. The van der Waals surface area contributed by atoms with Gasteiger partial charge >= 0.3 is 5.97 Å². The molecule has 0 aliphatic heterocycles. The summed E-state index contributed by atoms with van der Waals surface area (Å²) in [5, 5.41) is 20.4. The summed E-state index contributed by atoms with van der Waals surface area (Å²) in [6, 6.07) is 5.14. The van der Waals surface area contributed by atoms with Crippen molar-refractivity contribution in [3.05, 3.63) is 23.9 Å².